The average Bonchev–Trinajstić information content (AvgIpc) is 2.62. The minimum Gasteiger partial charge on any atom is -0.341 e. The van der Waals surface area contributed by atoms with Gasteiger partial charge in [-0.05, 0) is 36.6 Å². The van der Waals surface area contributed by atoms with E-state index in [-0.39, 0.29) is 22.4 Å². The Morgan fingerprint density at radius 1 is 1.15 bits per heavy atom. The number of rotatable bonds is 5. The van der Waals surface area contributed by atoms with Gasteiger partial charge in [0.05, 0.1) is 11.0 Å². The van der Waals surface area contributed by atoms with Crippen molar-refractivity contribution in [1.82, 2.24) is 5.32 Å². The molecule has 0 aliphatic heterocycles. The fourth-order valence-electron chi connectivity index (χ4n) is 2.31. The third-order valence-corrected chi connectivity index (χ3v) is 4.16. The van der Waals surface area contributed by atoms with Gasteiger partial charge in [-0.25, -0.2) is 0 Å². The molecule has 8 heteroatoms. The lowest BCUT2D eigenvalue weighted by Crippen LogP contribution is -2.36. The summed E-state index contributed by atoms with van der Waals surface area (Å²) >= 11 is 5.71. The predicted molar refractivity (Wildman–Crippen MR) is 99.1 cm³/mol. The van der Waals surface area contributed by atoms with Gasteiger partial charge in [0.25, 0.3) is 5.69 Å². The van der Waals surface area contributed by atoms with Crippen LogP contribution in [0.25, 0.3) is 0 Å². The second-order valence-corrected chi connectivity index (χ2v) is 6.07. The van der Waals surface area contributed by atoms with Crippen molar-refractivity contribution in [3.05, 3.63) is 68.7 Å². The molecule has 0 spiro atoms. The van der Waals surface area contributed by atoms with Gasteiger partial charge in [-0.15, -0.1) is 0 Å². The summed E-state index contributed by atoms with van der Waals surface area (Å²) < 4.78 is 0. The summed E-state index contributed by atoms with van der Waals surface area (Å²) in [4.78, 5) is 34.3. The van der Waals surface area contributed by atoms with Crippen LogP contribution in [0.15, 0.2) is 42.5 Å². The lowest BCUT2D eigenvalue weighted by molar-refractivity contribution is -0.384. The molecule has 2 N–H and O–H groups in total. The Morgan fingerprint density at radius 2 is 1.81 bits per heavy atom. The monoisotopic (exact) mass is 375 g/mol. The van der Waals surface area contributed by atoms with Gasteiger partial charge in [-0.2, -0.15) is 0 Å². The molecule has 7 nitrogen and oxygen atoms in total. The molecule has 0 aromatic heterocycles. The first-order chi connectivity index (χ1) is 12.3. The Hall–Kier alpha value is -2.93. The highest BCUT2D eigenvalue weighted by Gasteiger charge is 2.19. The maximum Gasteiger partial charge on any atom is 0.313 e. The number of nitrogens with one attached hydrogen (secondary N) is 2. The molecule has 0 bridgehead atoms. The summed E-state index contributed by atoms with van der Waals surface area (Å²) in [6, 6.07) is 11.1. The number of halogens is 1. The SMILES string of the molecule is CCc1ccc(C(C)NC(=O)C(=O)Nc2ccc(Cl)c([N+](=O)[O-])c2)cc1. The molecule has 0 saturated heterocycles. The lowest BCUT2D eigenvalue weighted by Gasteiger charge is -2.14. The summed E-state index contributed by atoms with van der Waals surface area (Å²) in [5, 5.41) is 15.7. The van der Waals surface area contributed by atoms with Gasteiger partial charge in [0.15, 0.2) is 0 Å². The number of hydrogen-bond acceptors (Lipinski definition) is 4. The van der Waals surface area contributed by atoms with Crippen molar-refractivity contribution in [2.75, 3.05) is 5.32 Å². The maximum absolute atomic E-state index is 12.1. The molecule has 0 radical (unpaired) electrons. The molecule has 2 aromatic carbocycles. The summed E-state index contributed by atoms with van der Waals surface area (Å²) in [6.07, 6.45) is 0.913. The Labute approximate surface area is 155 Å². The van der Waals surface area contributed by atoms with Crippen LogP contribution in [0.3, 0.4) is 0 Å². The number of nitro benzene ring substituents is 1. The summed E-state index contributed by atoms with van der Waals surface area (Å²) in [7, 11) is 0. The first-order valence-electron chi connectivity index (χ1n) is 7.96. The van der Waals surface area contributed by atoms with Crippen LogP contribution in [0.5, 0.6) is 0 Å². The first kappa shape index (κ1) is 19.4. The van der Waals surface area contributed by atoms with E-state index in [1.54, 1.807) is 6.92 Å². The zero-order chi connectivity index (χ0) is 19.3. The van der Waals surface area contributed by atoms with E-state index in [1.165, 1.54) is 17.7 Å². The van der Waals surface area contributed by atoms with Crippen molar-refractivity contribution in [3.8, 4) is 0 Å². The van der Waals surface area contributed by atoms with Crippen LogP contribution in [0.1, 0.15) is 31.0 Å². The predicted octanol–water partition coefficient (Wildman–Crippen LogP) is 3.63. The molecule has 0 saturated carbocycles. The van der Waals surface area contributed by atoms with Crippen LogP contribution in [0.2, 0.25) is 5.02 Å². The van der Waals surface area contributed by atoms with E-state index in [9.17, 15) is 19.7 Å². The molecule has 26 heavy (non-hydrogen) atoms. The van der Waals surface area contributed by atoms with E-state index in [1.807, 2.05) is 31.2 Å². The highest BCUT2D eigenvalue weighted by atomic mass is 35.5. The van der Waals surface area contributed by atoms with Crippen molar-refractivity contribution in [2.45, 2.75) is 26.3 Å². The molecule has 1 unspecified atom stereocenters. The minimum absolute atomic E-state index is 0.0541. The summed E-state index contributed by atoms with van der Waals surface area (Å²) in [6.45, 7) is 3.81. The third kappa shape index (κ3) is 4.80. The largest absolute Gasteiger partial charge is 0.341 e. The van der Waals surface area contributed by atoms with Crippen LogP contribution >= 0.6 is 11.6 Å². The Bertz CT molecular complexity index is 837. The van der Waals surface area contributed by atoms with Gasteiger partial charge in [-0.1, -0.05) is 42.8 Å². The van der Waals surface area contributed by atoms with Crippen LogP contribution in [-0.2, 0) is 16.0 Å². The first-order valence-corrected chi connectivity index (χ1v) is 8.34. The highest BCUT2D eigenvalue weighted by Crippen LogP contribution is 2.27. The third-order valence-electron chi connectivity index (χ3n) is 3.84. The molecule has 2 rings (SSSR count). The second kappa shape index (κ2) is 8.44. The molecule has 1 atom stereocenters. The number of benzene rings is 2. The highest BCUT2D eigenvalue weighted by molar-refractivity contribution is 6.39. The Kier molecular flexibility index (Phi) is 6.30. The quantitative estimate of drug-likeness (QED) is 0.473. The molecule has 0 fully saturated rings. The van der Waals surface area contributed by atoms with Crippen molar-refractivity contribution in [3.63, 3.8) is 0 Å². The Balaban J connectivity index is 2.01. The van der Waals surface area contributed by atoms with Crippen LogP contribution in [-0.4, -0.2) is 16.7 Å². The number of hydrogen-bond donors (Lipinski definition) is 2. The number of nitrogens with zero attached hydrogens (tertiary/aromatic N) is 1. The Morgan fingerprint density at radius 3 is 2.38 bits per heavy atom. The zero-order valence-corrected chi connectivity index (χ0v) is 15.0. The lowest BCUT2D eigenvalue weighted by atomic mass is 10.1. The van der Waals surface area contributed by atoms with Crippen molar-refractivity contribution in [1.29, 1.82) is 0 Å². The van der Waals surface area contributed by atoms with Crippen LogP contribution in [0.4, 0.5) is 11.4 Å². The molecular formula is C18H18ClN3O4. The number of amides is 2. The van der Waals surface area contributed by atoms with Gasteiger partial charge in [0, 0.05) is 11.8 Å². The number of anilines is 1. The van der Waals surface area contributed by atoms with Crippen LogP contribution in [0, 0.1) is 10.1 Å². The van der Waals surface area contributed by atoms with E-state index in [4.69, 9.17) is 11.6 Å². The summed E-state index contributed by atoms with van der Waals surface area (Å²) in [5.74, 6) is -1.76. The average molecular weight is 376 g/mol. The summed E-state index contributed by atoms with van der Waals surface area (Å²) in [5.41, 5.74) is 1.80. The minimum atomic E-state index is -0.918. The van der Waals surface area contributed by atoms with Gasteiger partial charge in [0.2, 0.25) is 0 Å². The zero-order valence-electron chi connectivity index (χ0n) is 14.3. The van der Waals surface area contributed by atoms with Crippen molar-refractivity contribution in [2.24, 2.45) is 0 Å². The molecule has 0 aliphatic rings. The topological polar surface area (TPSA) is 101 Å². The number of aryl methyl sites for hydroxylation is 1. The normalized spacial score (nSPS) is 11.5. The van der Waals surface area contributed by atoms with Gasteiger partial charge < -0.3 is 10.6 Å². The maximum atomic E-state index is 12.1. The van der Waals surface area contributed by atoms with E-state index < -0.39 is 16.7 Å². The molecule has 136 valence electrons. The van der Waals surface area contributed by atoms with E-state index >= 15 is 0 Å². The van der Waals surface area contributed by atoms with Crippen LogP contribution < -0.4 is 10.6 Å². The fraction of sp³-hybridized carbons (Fsp3) is 0.222. The van der Waals surface area contributed by atoms with E-state index in [2.05, 4.69) is 10.6 Å². The van der Waals surface area contributed by atoms with Gasteiger partial charge >= 0.3 is 11.8 Å². The van der Waals surface area contributed by atoms with E-state index in [0.717, 1.165) is 18.1 Å². The molecule has 2 amide bonds. The van der Waals surface area contributed by atoms with Gasteiger partial charge in [-0.3, -0.25) is 19.7 Å². The molecule has 0 heterocycles. The van der Waals surface area contributed by atoms with Crippen molar-refractivity contribution < 1.29 is 14.5 Å². The standard InChI is InChI=1S/C18H18ClN3O4/c1-3-12-4-6-13(7-5-12)11(2)20-17(23)18(24)21-14-8-9-15(19)16(10-14)22(25)26/h4-11H,3H2,1-2H3,(H,20,23)(H,21,24). The smallest absolute Gasteiger partial charge is 0.313 e. The fourth-order valence-corrected chi connectivity index (χ4v) is 2.49. The molecule has 2 aromatic rings. The molecule has 0 aliphatic carbocycles. The number of carbonyl (C=O) groups excluding carboxylic acids is 2. The second-order valence-electron chi connectivity index (χ2n) is 5.67. The number of nitro groups is 1. The number of carbonyl (C=O) groups is 2. The van der Waals surface area contributed by atoms with E-state index in [0.29, 0.717) is 0 Å². The van der Waals surface area contributed by atoms with Gasteiger partial charge in [0.1, 0.15) is 5.02 Å². The van der Waals surface area contributed by atoms with Crippen molar-refractivity contribution >= 4 is 34.8 Å². The molecular weight excluding hydrogens is 358 g/mol.